The van der Waals surface area contributed by atoms with E-state index in [4.69, 9.17) is 0 Å². The average molecular weight is 422 g/mol. The maximum absolute atomic E-state index is 4.34. The summed E-state index contributed by atoms with van der Waals surface area (Å²) in [5.41, 5.74) is 0. The number of halogens is 1. The predicted molar refractivity (Wildman–Crippen MR) is 106 cm³/mol. The lowest BCUT2D eigenvalue weighted by atomic mass is 10.0. The Kier molecular flexibility index (Phi) is 10.4. The van der Waals surface area contributed by atoms with Crippen LogP contribution in [-0.4, -0.2) is 50.6 Å². The van der Waals surface area contributed by atoms with E-state index < -0.39 is 0 Å². The molecule has 5 heteroatoms. The highest BCUT2D eigenvalue weighted by atomic mass is 127. The molecular weight excluding hydrogens is 387 g/mol. The van der Waals surface area contributed by atoms with Crippen LogP contribution in [0.25, 0.3) is 0 Å². The third-order valence-electron chi connectivity index (χ3n) is 5.16. The number of aliphatic imine (C=N–C) groups is 1. The van der Waals surface area contributed by atoms with Crippen LogP contribution in [0.2, 0.25) is 0 Å². The van der Waals surface area contributed by atoms with Gasteiger partial charge in [-0.15, -0.1) is 24.0 Å². The molecule has 2 N–H and O–H groups in total. The summed E-state index contributed by atoms with van der Waals surface area (Å²) in [6.45, 7) is 8.05. The standard InChI is InChI=1S/C17H34N4.HI/c1-3-21-12-10-16(14-21)13-20-17(18-2)19-11-6-9-15-7-4-5-8-15;/h15-16H,3-14H2,1-2H3,(H2,18,19,20);1H. The molecule has 0 amide bonds. The Morgan fingerprint density at radius 2 is 1.91 bits per heavy atom. The summed E-state index contributed by atoms with van der Waals surface area (Å²) in [7, 11) is 1.87. The molecule has 2 aliphatic rings. The summed E-state index contributed by atoms with van der Waals surface area (Å²) in [5.74, 6) is 2.76. The third kappa shape index (κ3) is 7.02. The van der Waals surface area contributed by atoms with Crippen LogP contribution in [0.4, 0.5) is 0 Å². The molecule has 0 aromatic carbocycles. The summed E-state index contributed by atoms with van der Waals surface area (Å²) >= 11 is 0. The van der Waals surface area contributed by atoms with Gasteiger partial charge in [0.25, 0.3) is 0 Å². The lowest BCUT2D eigenvalue weighted by Crippen LogP contribution is -2.40. The number of nitrogens with one attached hydrogen (secondary N) is 2. The second-order valence-electron chi connectivity index (χ2n) is 6.72. The Morgan fingerprint density at radius 3 is 2.55 bits per heavy atom. The maximum atomic E-state index is 4.34. The molecule has 0 radical (unpaired) electrons. The lowest BCUT2D eigenvalue weighted by Gasteiger charge is -2.16. The normalized spacial score (nSPS) is 23.5. The molecule has 1 aliphatic carbocycles. The van der Waals surface area contributed by atoms with Crippen LogP contribution >= 0.6 is 24.0 Å². The van der Waals surface area contributed by atoms with Gasteiger partial charge in [0.05, 0.1) is 0 Å². The molecule has 1 atom stereocenters. The van der Waals surface area contributed by atoms with Crippen molar-refractivity contribution in [3.8, 4) is 0 Å². The van der Waals surface area contributed by atoms with E-state index in [1.54, 1.807) is 0 Å². The van der Waals surface area contributed by atoms with Gasteiger partial charge < -0.3 is 15.5 Å². The summed E-state index contributed by atoms with van der Waals surface area (Å²) < 4.78 is 0. The second-order valence-corrected chi connectivity index (χ2v) is 6.72. The molecular formula is C17H35IN4. The van der Waals surface area contributed by atoms with Gasteiger partial charge in [0.15, 0.2) is 5.96 Å². The highest BCUT2D eigenvalue weighted by Gasteiger charge is 2.21. The van der Waals surface area contributed by atoms with Crippen molar-refractivity contribution >= 4 is 29.9 Å². The third-order valence-corrected chi connectivity index (χ3v) is 5.16. The van der Waals surface area contributed by atoms with Gasteiger partial charge in [0.2, 0.25) is 0 Å². The van der Waals surface area contributed by atoms with Crippen LogP contribution in [0.5, 0.6) is 0 Å². The van der Waals surface area contributed by atoms with Crippen molar-refractivity contribution in [3.05, 3.63) is 0 Å². The Labute approximate surface area is 153 Å². The molecule has 0 aromatic heterocycles. The second kappa shape index (κ2) is 11.5. The minimum Gasteiger partial charge on any atom is -0.356 e. The van der Waals surface area contributed by atoms with Gasteiger partial charge in [-0.25, -0.2) is 0 Å². The van der Waals surface area contributed by atoms with Crippen LogP contribution in [0.15, 0.2) is 4.99 Å². The van der Waals surface area contributed by atoms with Crippen LogP contribution in [-0.2, 0) is 0 Å². The average Bonchev–Trinajstić information content (AvgIpc) is 3.17. The van der Waals surface area contributed by atoms with E-state index in [9.17, 15) is 0 Å². The van der Waals surface area contributed by atoms with Gasteiger partial charge in [-0.05, 0) is 44.2 Å². The zero-order chi connectivity index (χ0) is 14.9. The van der Waals surface area contributed by atoms with Crippen molar-refractivity contribution in [2.75, 3.05) is 39.8 Å². The molecule has 2 rings (SSSR count). The van der Waals surface area contributed by atoms with E-state index in [1.807, 2.05) is 7.05 Å². The highest BCUT2D eigenvalue weighted by Crippen LogP contribution is 2.28. The molecule has 4 nitrogen and oxygen atoms in total. The number of guanidine groups is 1. The van der Waals surface area contributed by atoms with E-state index in [1.165, 1.54) is 64.6 Å². The Balaban J connectivity index is 0.00000242. The molecule has 130 valence electrons. The number of hydrogen-bond donors (Lipinski definition) is 2. The molecule has 0 aromatic rings. The Bertz CT molecular complexity index is 316. The van der Waals surface area contributed by atoms with Crippen molar-refractivity contribution in [1.29, 1.82) is 0 Å². The first-order valence-electron chi connectivity index (χ1n) is 8.98. The van der Waals surface area contributed by atoms with E-state index in [0.717, 1.165) is 30.9 Å². The fraction of sp³-hybridized carbons (Fsp3) is 0.941. The number of nitrogens with zero attached hydrogens (tertiary/aromatic N) is 2. The molecule has 0 spiro atoms. The van der Waals surface area contributed by atoms with Crippen LogP contribution in [0.3, 0.4) is 0 Å². The summed E-state index contributed by atoms with van der Waals surface area (Å²) in [6, 6.07) is 0. The van der Waals surface area contributed by atoms with Crippen molar-refractivity contribution in [2.24, 2.45) is 16.8 Å². The van der Waals surface area contributed by atoms with Crippen molar-refractivity contribution in [3.63, 3.8) is 0 Å². The lowest BCUT2D eigenvalue weighted by molar-refractivity contribution is 0.341. The van der Waals surface area contributed by atoms with Crippen molar-refractivity contribution in [2.45, 2.75) is 51.9 Å². The van der Waals surface area contributed by atoms with Gasteiger partial charge in [-0.3, -0.25) is 4.99 Å². The van der Waals surface area contributed by atoms with E-state index in [2.05, 4.69) is 27.4 Å². The molecule has 22 heavy (non-hydrogen) atoms. The summed E-state index contributed by atoms with van der Waals surface area (Å²) in [4.78, 5) is 6.87. The molecule has 1 aliphatic heterocycles. The zero-order valence-electron chi connectivity index (χ0n) is 14.4. The van der Waals surface area contributed by atoms with Gasteiger partial charge in [-0.2, -0.15) is 0 Å². The number of likely N-dealkylation sites (tertiary alicyclic amines) is 1. The van der Waals surface area contributed by atoms with Crippen LogP contribution in [0.1, 0.15) is 51.9 Å². The topological polar surface area (TPSA) is 39.7 Å². The molecule has 1 heterocycles. The van der Waals surface area contributed by atoms with Gasteiger partial charge in [-0.1, -0.05) is 32.6 Å². The Hall–Kier alpha value is -0.0400. The first-order chi connectivity index (χ1) is 10.3. The number of hydrogen-bond acceptors (Lipinski definition) is 2. The fourth-order valence-electron chi connectivity index (χ4n) is 3.72. The van der Waals surface area contributed by atoms with Crippen LogP contribution < -0.4 is 10.6 Å². The summed E-state index contributed by atoms with van der Waals surface area (Å²) in [6.07, 6.45) is 9.82. The van der Waals surface area contributed by atoms with Crippen molar-refractivity contribution < 1.29 is 0 Å². The molecule has 1 unspecified atom stereocenters. The first kappa shape index (κ1) is 20.0. The maximum Gasteiger partial charge on any atom is 0.190 e. The number of rotatable bonds is 7. The molecule has 1 saturated carbocycles. The first-order valence-corrected chi connectivity index (χ1v) is 8.98. The summed E-state index contributed by atoms with van der Waals surface area (Å²) in [5, 5.41) is 6.96. The predicted octanol–water partition coefficient (Wildman–Crippen LogP) is 3.08. The largest absolute Gasteiger partial charge is 0.356 e. The van der Waals surface area contributed by atoms with Gasteiger partial charge in [0.1, 0.15) is 0 Å². The van der Waals surface area contributed by atoms with E-state index in [0.29, 0.717) is 0 Å². The zero-order valence-corrected chi connectivity index (χ0v) is 16.8. The molecule has 2 fully saturated rings. The van der Waals surface area contributed by atoms with Gasteiger partial charge >= 0.3 is 0 Å². The molecule has 0 bridgehead atoms. The minimum absolute atomic E-state index is 0. The van der Waals surface area contributed by atoms with Crippen LogP contribution in [0, 0.1) is 11.8 Å². The highest BCUT2D eigenvalue weighted by molar-refractivity contribution is 14.0. The van der Waals surface area contributed by atoms with Crippen molar-refractivity contribution in [1.82, 2.24) is 15.5 Å². The quantitative estimate of drug-likeness (QED) is 0.287. The van der Waals surface area contributed by atoms with Gasteiger partial charge in [0, 0.05) is 26.7 Å². The van der Waals surface area contributed by atoms with E-state index in [-0.39, 0.29) is 24.0 Å². The SMILES string of the molecule is CCN1CCC(CNC(=NC)NCCCC2CCCC2)C1.I. The monoisotopic (exact) mass is 422 g/mol. The van der Waals surface area contributed by atoms with E-state index >= 15 is 0 Å². The molecule has 1 saturated heterocycles. The fourth-order valence-corrected chi connectivity index (χ4v) is 3.72. The smallest absolute Gasteiger partial charge is 0.190 e. The Morgan fingerprint density at radius 1 is 1.14 bits per heavy atom. The minimum atomic E-state index is 0.